The molecule has 40 nitrogen and oxygen atoms in total. The normalized spacial score (nSPS) is 12.4. The largest absolute Gasteiger partial charge is 0.463 e. The van der Waals surface area contributed by atoms with Crippen LogP contribution in [0.3, 0.4) is 0 Å². The first-order valence-corrected chi connectivity index (χ1v) is 45.2. The second kappa shape index (κ2) is 60.1. The Kier molecular flexibility index (Phi) is 48.4. The number of allylic oxidation sites excluding steroid dienone is 8. The van der Waals surface area contributed by atoms with Crippen molar-refractivity contribution in [1.29, 1.82) is 0 Å². The van der Waals surface area contributed by atoms with Gasteiger partial charge in [0.05, 0.1) is 74.0 Å². The van der Waals surface area contributed by atoms with Crippen LogP contribution in [0.5, 0.6) is 12.0 Å². The summed E-state index contributed by atoms with van der Waals surface area (Å²) in [6.07, 6.45) is 23.3. The number of aliphatic hydroxyl groups excluding tert-OH is 1. The minimum Gasteiger partial charge on any atom is -0.463 e. The number of nitrogens with one attached hydrogen (secondary N) is 2. The van der Waals surface area contributed by atoms with Gasteiger partial charge in [0.2, 0.25) is 50.7 Å². The molecule has 0 saturated carbocycles. The first kappa shape index (κ1) is 109. The van der Waals surface area contributed by atoms with Crippen LogP contribution in [0.2, 0.25) is 0 Å². The van der Waals surface area contributed by atoms with Crippen molar-refractivity contribution in [3.05, 3.63) is 257 Å². The van der Waals surface area contributed by atoms with Gasteiger partial charge in [0.1, 0.15) is 5.52 Å². The van der Waals surface area contributed by atoms with Crippen LogP contribution >= 0.6 is 0 Å². The number of nitrogen functional groups attached to an aromatic ring is 4. The monoisotopic (exact) mass is 1890 g/mol. The van der Waals surface area contributed by atoms with Gasteiger partial charge in [0.15, 0.2) is 11.5 Å². The van der Waals surface area contributed by atoms with Gasteiger partial charge in [0, 0.05) is 25.3 Å². The number of hydrogen-bond acceptors (Lipinski definition) is 32. The van der Waals surface area contributed by atoms with Gasteiger partial charge in [-0.1, -0.05) is 174 Å². The Morgan fingerprint density at radius 2 is 1.10 bits per heavy atom. The minimum absolute atomic E-state index is 0. The number of hydrogen-bond donors (Lipinski definition) is 7. The zero-order valence-electron chi connectivity index (χ0n) is 81.3. The molecule has 2 aliphatic rings. The zero-order valence-corrected chi connectivity index (χ0v) is 78.1. The standard InChI is InChI=1S/C22H27N5O5.C20H24N6O4.C18H21N5O6S.C18H19N5O2.C6H15N.C5H10O.C4H6.CH4.2H2/c1-4-7-8-13-32-21-24-19(23)18(27(29)30)20(25-21)26(22(28)31-6-3)15-17-12-9-11-16(14-17)10-5-2;1-2-30-20(27)25-13-15-10-7-9-14(12-15)8-5-3-4-6-11-22-19-23-17(21)16(26(28)29)18(25)24-19;1-4-7-12-8-6-9-13(10-12)11-22(18(24)29-5-2)16-14(23(25)26)15(19)20-17(21-16)30(3,27)28;19-15-14-16-22-17(21-15)25-9-4-2-1-3-6-12-7-5-8-13(10-12)11-23(16)18(24)20-14;1-4-7(5-2)6-3;1-2-3-4-5-6;1-3-4-2;;;/h4-5,9,11-12,14H,1-2,6-8,10,13,15H2,3H3,(H2,23,24,25);3,5,7,9-10,12H,2,4,6,8,11,13H2,1H3,(H3,21,22,23,24);4,6,8-10H,1,5,7,11H2,2-3H3,(H2,19,20,21);1,3,5,7-8,10H,2,4,6,9,11H2,(H,20,24)(H2,19,21,22);4-6H2,1-3H3;2,6H,1,3-5H2;1-2H3;1H4;2*1H/b;5-3+;;3-1+;;;;;;/i;;;;;;;;2*1+1D. The Morgan fingerprint density at radius 3 is 1.58 bits per heavy atom. The number of anilines is 8. The molecule has 0 fully saturated rings. The predicted molar refractivity (Wildman–Crippen MR) is 530 cm³/mol. The highest BCUT2D eigenvalue weighted by Crippen LogP contribution is 2.38. The second-order valence-electron chi connectivity index (χ2n) is 29.0. The number of ether oxygens (including phenoxy) is 5. The molecule has 9 aromatic rings. The lowest BCUT2D eigenvalue weighted by Gasteiger charge is -2.22. The lowest BCUT2D eigenvalue weighted by Crippen LogP contribution is -2.33. The van der Waals surface area contributed by atoms with Gasteiger partial charge in [-0.25, -0.2) is 27.6 Å². The van der Waals surface area contributed by atoms with Crippen molar-refractivity contribution < 1.29 is 72.3 Å². The summed E-state index contributed by atoms with van der Waals surface area (Å²) in [5.74, 6) is 3.22. The second-order valence-corrected chi connectivity index (χ2v) is 30.9. The molecular weight excluding hydrogens is 1760 g/mol. The summed E-state index contributed by atoms with van der Waals surface area (Å²) in [6, 6.07) is 30.4. The highest BCUT2D eigenvalue weighted by molar-refractivity contribution is 7.90. The number of nitrogens with two attached hydrogens (primary N) is 4. The fraction of sp³-hybridized carbons (Fsp3) is 0.383. The van der Waals surface area contributed by atoms with E-state index in [-0.39, 0.29) is 107 Å². The van der Waals surface area contributed by atoms with Crippen LogP contribution in [0.1, 0.15) is 165 Å². The van der Waals surface area contributed by atoms with Crippen molar-refractivity contribution in [2.75, 3.05) is 115 Å². The summed E-state index contributed by atoms with van der Waals surface area (Å²) in [7, 11) is -3.96. The van der Waals surface area contributed by atoms with Crippen molar-refractivity contribution in [2.24, 2.45) is 0 Å². The average Bonchev–Trinajstić information content (AvgIpc) is 1.65. The van der Waals surface area contributed by atoms with Crippen LogP contribution in [-0.4, -0.2) is 173 Å². The predicted octanol–water partition coefficient (Wildman–Crippen LogP) is 16.4. The molecule has 0 radical (unpaired) electrons. The van der Waals surface area contributed by atoms with E-state index in [1.54, 1.807) is 73.9 Å². The number of aromatic amines is 1. The van der Waals surface area contributed by atoms with Crippen molar-refractivity contribution in [1.82, 2.24) is 54.3 Å². The maximum absolute atomic E-state index is 12.8. The molecule has 2 aliphatic heterocycles. The van der Waals surface area contributed by atoms with Crippen LogP contribution in [-0.2, 0) is 75.9 Å². The van der Waals surface area contributed by atoms with Gasteiger partial charge in [-0.3, -0.25) is 49.6 Å². The minimum atomic E-state index is -3.96. The fourth-order valence-electron chi connectivity index (χ4n) is 12.5. The van der Waals surface area contributed by atoms with Gasteiger partial charge in [-0.2, -0.15) is 39.9 Å². The van der Waals surface area contributed by atoms with Gasteiger partial charge in [0.25, 0.3) is 5.16 Å². The highest BCUT2D eigenvalue weighted by Gasteiger charge is 2.37. The first-order chi connectivity index (χ1) is 66.4. The molecule has 5 aromatic heterocycles. The number of carbonyl (C=O) groups is 3. The zero-order chi connectivity index (χ0) is 103. The smallest absolute Gasteiger partial charge is 0.415 e. The van der Waals surface area contributed by atoms with E-state index >= 15 is 0 Å². The van der Waals surface area contributed by atoms with Gasteiger partial charge < -0.3 is 66.9 Å². The number of nitro groups is 3. The quantitative estimate of drug-likeness (QED) is 0.00455. The summed E-state index contributed by atoms with van der Waals surface area (Å²) in [4.78, 5) is 123. The van der Waals surface area contributed by atoms with E-state index in [1.165, 1.54) is 25.2 Å². The Labute approximate surface area is 793 Å². The van der Waals surface area contributed by atoms with Crippen LogP contribution in [0.4, 0.5) is 78.1 Å². The molecule has 4 aromatic carbocycles. The first-order valence-electron chi connectivity index (χ1n) is 45.3. The van der Waals surface area contributed by atoms with Crippen molar-refractivity contribution in [3.63, 3.8) is 0 Å². The van der Waals surface area contributed by atoms with Gasteiger partial charge in [-0.05, 0) is 176 Å². The third-order valence-corrected chi connectivity index (χ3v) is 19.9. The van der Waals surface area contributed by atoms with E-state index in [0.29, 0.717) is 62.1 Å². The molecular formula is C94H130N22O18S. The number of H-pyrrole nitrogens is 1. The number of fused-ring (bicyclic) bond motifs is 7. The molecule has 11 N–H and O–H groups in total. The van der Waals surface area contributed by atoms with E-state index in [0.717, 1.165) is 106 Å². The molecule has 8 bridgehead atoms. The summed E-state index contributed by atoms with van der Waals surface area (Å²) >= 11 is 0. The van der Waals surface area contributed by atoms with Crippen LogP contribution in [0, 0.1) is 42.2 Å². The molecule has 730 valence electrons. The Hall–Kier alpha value is -15.1. The van der Waals surface area contributed by atoms with E-state index in [2.05, 4.69) is 150 Å². The SMILES string of the molecule is C.C=CCCCO.C=CCCCOc1nc(N)c([N+](=O)[O-])c(N(Cc2cccc(CC=C)c2)C(=O)OCC)n1.C=CCc1cccc(CN(C(=O)OCC)c2nc(S(C)(=O)=O)nc(N)c2[N+](=O)[O-])c1.CC#CC.CCN(CC)CC.CCOC(=O)N1Cc2cccc(c2)C/C=C/CCCNc2nc(N)c([N+](=O)[O-])c1n2.Nc1nc2nc3c1[nH]c(=O)n3Cc1cccc(c1)C/C=C/CCCO2.[2H][2H].[2H][2H]. The number of amides is 3. The van der Waals surface area contributed by atoms with Gasteiger partial charge in [-0.15, -0.1) is 38.2 Å². The maximum Gasteiger partial charge on any atom is 0.415 e. The van der Waals surface area contributed by atoms with E-state index in [1.807, 2.05) is 74.5 Å². The lowest BCUT2D eigenvalue weighted by molar-refractivity contribution is -0.383. The number of carbonyl (C=O) groups excluding carboxylic acids is 3. The Bertz CT molecular complexity index is 5750. The van der Waals surface area contributed by atoms with Crippen molar-refractivity contribution in [2.45, 2.75) is 171 Å². The van der Waals surface area contributed by atoms with E-state index in [4.69, 9.17) is 57.7 Å². The number of unbranched alkanes of at least 4 members (excludes halogenated alkanes) is 2. The fourth-order valence-corrected chi connectivity index (χ4v) is 13.0. The molecule has 0 aliphatic carbocycles. The number of sulfone groups is 1. The number of aliphatic hydroxyl groups is 1. The Morgan fingerprint density at radius 1 is 0.607 bits per heavy atom. The molecule has 11 rings (SSSR count). The topological polar surface area (TPSA) is 551 Å². The molecule has 135 heavy (non-hydrogen) atoms. The van der Waals surface area contributed by atoms with Gasteiger partial charge >= 0.3 is 53.1 Å². The highest BCUT2D eigenvalue weighted by atomic mass is 32.2. The number of nitrogens with zero attached hydrogens (tertiary/aromatic N) is 16. The summed E-state index contributed by atoms with van der Waals surface area (Å²) < 4.78 is 71.8. The summed E-state index contributed by atoms with van der Waals surface area (Å²) in [5, 5.41) is 45.4. The van der Waals surface area contributed by atoms with E-state index < -0.39 is 82.6 Å². The van der Waals surface area contributed by atoms with Crippen LogP contribution in [0.25, 0.3) is 11.2 Å². The molecule has 41 heteroatoms. The van der Waals surface area contributed by atoms with Crippen LogP contribution in [0.15, 0.2) is 182 Å². The molecule has 3 amide bonds. The molecule has 0 unspecified atom stereocenters. The lowest BCUT2D eigenvalue weighted by atomic mass is 10.1. The van der Waals surface area contributed by atoms with E-state index in [9.17, 15) is 57.9 Å². The summed E-state index contributed by atoms with van der Waals surface area (Å²) in [6.45, 7) is 35.1. The number of imidazole rings is 1. The molecule has 0 atom stereocenters. The average molecular weight is 1890 g/mol. The van der Waals surface area contributed by atoms with Crippen molar-refractivity contribution in [3.8, 4) is 23.9 Å². The van der Waals surface area contributed by atoms with Crippen molar-refractivity contribution >= 4 is 103 Å². The molecule has 7 heterocycles. The third kappa shape index (κ3) is 36.9. The third-order valence-electron chi connectivity index (χ3n) is 19.0. The maximum atomic E-state index is 12.8. The molecule has 0 spiro atoms. The van der Waals surface area contributed by atoms with Crippen LogP contribution < -0.4 is 58.1 Å². The molecule has 0 saturated heterocycles. The number of benzene rings is 4. The summed E-state index contributed by atoms with van der Waals surface area (Å²) in [5.41, 5.74) is 29.3. The number of rotatable bonds is 28. The number of aromatic nitrogens is 10. The Balaban J connectivity index is 0.000000584.